The molecule has 0 bridgehead atoms. The number of benzene rings is 1. The number of halogens is 1. The van der Waals surface area contributed by atoms with Gasteiger partial charge in [-0.1, -0.05) is 61.2 Å². The zero-order valence-electron chi connectivity index (χ0n) is 10.3. The van der Waals surface area contributed by atoms with E-state index in [1.54, 1.807) is 0 Å². The van der Waals surface area contributed by atoms with Crippen LogP contribution in [0.2, 0.25) is 0 Å². The molecule has 0 atom stereocenters. The van der Waals surface area contributed by atoms with Gasteiger partial charge in [-0.15, -0.1) is 0 Å². The first-order valence-corrected chi connectivity index (χ1v) is 7.01. The molecule has 2 heteroatoms. The van der Waals surface area contributed by atoms with Crippen LogP contribution in [-0.4, -0.2) is 0 Å². The van der Waals surface area contributed by atoms with Gasteiger partial charge in [0.15, 0.2) is 0 Å². The van der Waals surface area contributed by atoms with Gasteiger partial charge in [0.25, 0.3) is 0 Å². The summed E-state index contributed by atoms with van der Waals surface area (Å²) in [5, 5.41) is 3.89. The average molecular weight is 265 g/mol. The van der Waals surface area contributed by atoms with Gasteiger partial charge in [0.05, 0.1) is 5.03 Å². The van der Waals surface area contributed by atoms with Crippen molar-refractivity contribution in [2.24, 2.45) is 0 Å². The highest BCUT2D eigenvalue weighted by atomic mass is 35.5. The van der Waals surface area contributed by atoms with Crippen LogP contribution in [0.1, 0.15) is 38.7 Å². The summed E-state index contributed by atoms with van der Waals surface area (Å²) >= 11 is 7.80. The van der Waals surface area contributed by atoms with Gasteiger partial charge in [0.1, 0.15) is 0 Å². The number of hydrogen-bond acceptors (Lipinski definition) is 1. The van der Waals surface area contributed by atoms with Gasteiger partial charge in [-0.05, 0) is 35.9 Å². The Labute approximate surface area is 113 Å². The van der Waals surface area contributed by atoms with Crippen molar-refractivity contribution in [2.75, 3.05) is 0 Å². The molecule has 0 nitrogen and oxygen atoms in total. The van der Waals surface area contributed by atoms with Crippen molar-refractivity contribution in [3.8, 4) is 11.2 Å². The fourth-order valence-corrected chi connectivity index (χ4v) is 2.04. The molecule has 0 saturated heterocycles. The standard InChI is InChI=1S/C15H17ClS/c1-3-4-5-9-12-17-13(2)15(16)14-10-7-6-8-11-14/h6-8,10-11H,3-5H2,1-2H3/b15-13-. The second-order valence-electron chi connectivity index (χ2n) is 3.72. The lowest BCUT2D eigenvalue weighted by Gasteiger charge is -2.01. The van der Waals surface area contributed by atoms with E-state index in [-0.39, 0.29) is 0 Å². The van der Waals surface area contributed by atoms with Gasteiger partial charge < -0.3 is 0 Å². The summed E-state index contributed by atoms with van der Waals surface area (Å²) < 4.78 is 0. The average Bonchev–Trinajstić information content (AvgIpc) is 2.38. The van der Waals surface area contributed by atoms with E-state index in [1.807, 2.05) is 37.3 Å². The van der Waals surface area contributed by atoms with E-state index in [1.165, 1.54) is 24.6 Å². The van der Waals surface area contributed by atoms with Crippen molar-refractivity contribution in [1.29, 1.82) is 0 Å². The fraction of sp³-hybridized carbons (Fsp3) is 0.333. The Hall–Kier alpha value is -0.840. The smallest absolute Gasteiger partial charge is 0.0580 e. The van der Waals surface area contributed by atoms with E-state index in [4.69, 9.17) is 11.6 Å². The maximum Gasteiger partial charge on any atom is 0.0580 e. The predicted molar refractivity (Wildman–Crippen MR) is 79.8 cm³/mol. The van der Waals surface area contributed by atoms with E-state index >= 15 is 0 Å². The Kier molecular flexibility index (Phi) is 6.93. The minimum Gasteiger partial charge on any atom is -0.0909 e. The van der Waals surface area contributed by atoms with Gasteiger partial charge in [0, 0.05) is 11.3 Å². The third kappa shape index (κ3) is 5.35. The second kappa shape index (κ2) is 8.28. The van der Waals surface area contributed by atoms with Gasteiger partial charge >= 0.3 is 0 Å². The van der Waals surface area contributed by atoms with Gasteiger partial charge in [-0.3, -0.25) is 0 Å². The topological polar surface area (TPSA) is 0 Å². The van der Waals surface area contributed by atoms with Crippen LogP contribution in [0.4, 0.5) is 0 Å². The Morgan fingerprint density at radius 3 is 2.65 bits per heavy atom. The molecule has 0 aliphatic heterocycles. The molecule has 0 aliphatic rings. The van der Waals surface area contributed by atoms with Gasteiger partial charge in [-0.2, -0.15) is 0 Å². The fourth-order valence-electron chi connectivity index (χ4n) is 1.26. The van der Waals surface area contributed by atoms with Crippen LogP contribution >= 0.6 is 23.4 Å². The second-order valence-corrected chi connectivity index (χ2v) is 5.12. The summed E-state index contributed by atoms with van der Waals surface area (Å²) in [6.07, 6.45) is 3.33. The van der Waals surface area contributed by atoms with Crippen molar-refractivity contribution in [3.05, 3.63) is 40.8 Å². The molecule has 0 aliphatic carbocycles. The molecule has 0 unspecified atom stereocenters. The van der Waals surface area contributed by atoms with Crippen molar-refractivity contribution >= 4 is 28.4 Å². The molecule has 0 N–H and O–H groups in total. The number of allylic oxidation sites excluding steroid dienone is 1. The SMILES string of the molecule is CCCCC#CS/C(C)=C(\Cl)c1ccccc1. The van der Waals surface area contributed by atoms with Crippen LogP contribution in [0.5, 0.6) is 0 Å². The maximum absolute atomic E-state index is 6.29. The third-order valence-electron chi connectivity index (χ3n) is 2.27. The summed E-state index contributed by atoms with van der Waals surface area (Å²) in [5.74, 6) is 3.14. The van der Waals surface area contributed by atoms with Gasteiger partial charge in [0.2, 0.25) is 0 Å². The Bertz CT molecular complexity index is 423. The minimum absolute atomic E-state index is 0.792. The van der Waals surface area contributed by atoms with Gasteiger partial charge in [-0.25, -0.2) is 0 Å². The summed E-state index contributed by atoms with van der Waals surface area (Å²) in [6.45, 7) is 4.18. The third-order valence-corrected chi connectivity index (χ3v) is 3.64. The first-order valence-electron chi connectivity index (χ1n) is 5.82. The van der Waals surface area contributed by atoms with Crippen LogP contribution in [0.25, 0.3) is 5.03 Å². The number of thioether (sulfide) groups is 1. The van der Waals surface area contributed by atoms with Crippen LogP contribution in [-0.2, 0) is 0 Å². The molecule has 17 heavy (non-hydrogen) atoms. The Morgan fingerprint density at radius 2 is 2.00 bits per heavy atom. The summed E-state index contributed by atoms with van der Waals surface area (Å²) in [7, 11) is 0. The molecule has 0 radical (unpaired) electrons. The molecule has 90 valence electrons. The van der Waals surface area contributed by atoms with E-state index in [0.29, 0.717) is 0 Å². The summed E-state index contributed by atoms with van der Waals surface area (Å²) in [5.41, 5.74) is 1.05. The molecule has 0 saturated carbocycles. The molecule has 0 spiro atoms. The zero-order chi connectivity index (χ0) is 12.5. The Morgan fingerprint density at radius 1 is 1.29 bits per heavy atom. The first kappa shape index (κ1) is 14.2. The van der Waals surface area contributed by atoms with Crippen LogP contribution in [0, 0.1) is 11.2 Å². The molecular weight excluding hydrogens is 248 g/mol. The molecular formula is C15H17ClS. The van der Waals surface area contributed by atoms with E-state index in [0.717, 1.165) is 21.9 Å². The largest absolute Gasteiger partial charge is 0.0909 e. The zero-order valence-corrected chi connectivity index (χ0v) is 11.9. The summed E-state index contributed by atoms with van der Waals surface area (Å²) in [6, 6.07) is 9.99. The van der Waals surface area contributed by atoms with Crippen molar-refractivity contribution in [2.45, 2.75) is 33.1 Å². The molecule has 1 aromatic carbocycles. The Balaban J connectivity index is 2.60. The lowest BCUT2D eigenvalue weighted by atomic mass is 10.2. The normalized spacial score (nSPS) is 11.5. The van der Waals surface area contributed by atoms with Crippen LogP contribution in [0.15, 0.2) is 35.2 Å². The minimum atomic E-state index is 0.792. The van der Waals surface area contributed by atoms with Crippen LogP contribution < -0.4 is 0 Å². The van der Waals surface area contributed by atoms with Crippen molar-refractivity contribution < 1.29 is 0 Å². The molecule has 1 aromatic rings. The number of rotatable bonds is 4. The highest BCUT2D eigenvalue weighted by Crippen LogP contribution is 2.28. The number of hydrogen-bond donors (Lipinski definition) is 0. The monoisotopic (exact) mass is 264 g/mol. The highest BCUT2D eigenvalue weighted by molar-refractivity contribution is 8.07. The lowest BCUT2D eigenvalue weighted by Crippen LogP contribution is -1.78. The molecule has 0 amide bonds. The quantitative estimate of drug-likeness (QED) is 0.511. The molecule has 1 rings (SSSR count). The first-order chi connectivity index (χ1) is 8.25. The van der Waals surface area contributed by atoms with E-state index < -0.39 is 0 Å². The maximum atomic E-state index is 6.29. The highest BCUT2D eigenvalue weighted by Gasteiger charge is 2.01. The van der Waals surface area contributed by atoms with Crippen molar-refractivity contribution in [1.82, 2.24) is 0 Å². The lowest BCUT2D eigenvalue weighted by molar-refractivity contribution is 0.828. The van der Waals surface area contributed by atoms with Crippen molar-refractivity contribution in [3.63, 3.8) is 0 Å². The van der Waals surface area contributed by atoms with E-state index in [2.05, 4.69) is 18.1 Å². The molecule has 0 aromatic heterocycles. The molecule has 0 heterocycles. The van der Waals surface area contributed by atoms with Crippen LogP contribution in [0.3, 0.4) is 0 Å². The predicted octanol–water partition coefficient (Wildman–Crippen LogP) is 5.50. The summed E-state index contributed by atoms with van der Waals surface area (Å²) in [4.78, 5) is 1.06. The number of unbranched alkanes of at least 4 members (excludes halogenated alkanes) is 2. The van der Waals surface area contributed by atoms with E-state index in [9.17, 15) is 0 Å². The molecule has 0 fully saturated rings.